The molecule has 1 aromatic carbocycles. The van der Waals surface area contributed by atoms with E-state index in [1.807, 2.05) is 31.0 Å². The fraction of sp³-hybridized carbons (Fsp3) is 0.481. The number of aryl methyl sites for hydroxylation is 1. The second-order valence-electron chi connectivity index (χ2n) is 10.4. The molecule has 0 spiro atoms. The Morgan fingerprint density at radius 1 is 1.08 bits per heavy atom. The molecule has 11 nitrogen and oxygen atoms in total. The third-order valence-corrected chi connectivity index (χ3v) is 8.91. The van der Waals surface area contributed by atoms with Gasteiger partial charge in [-0.2, -0.15) is 4.98 Å². The molecule has 3 aliphatic rings. The summed E-state index contributed by atoms with van der Waals surface area (Å²) in [6.45, 7) is 8.59. The maximum absolute atomic E-state index is 12.7. The number of nitrogens with one attached hydrogen (secondary N) is 2. The van der Waals surface area contributed by atoms with E-state index in [9.17, 15) is 4.79 Å². The first-order valence-corrected chi connectivity index (χ1v) is 14.2. The minimum atomic E-state index is -0.253. The van der Waals surface area contributed by atoms with E-state index in [1.54, 1.807) is 13.3 Å². The molecule has 0 atom stereocenters. The minimum absolute atomic E-state index is 0.253. The zero-order chi connectivity index (χ0) is 27.1. The summed E-state index contributed by atoms with van der Waals surface area (Å²) in [5, 5.41) is 7.78. The number of benzene rings is 1. The standard InChI is InChI=1S/C27H35N9O2S/c1-17-29-23-25(37)31-20-16-28-27(32-24(20)34(3)26(23)39-17)30-18-5-6-21(22(15-18)38-4)36-9-7-19(8-10-36)35-13-11-33(2)12-14-35/h5-6,15-16,19H,7-14H2,1-4H3,(H,31,37)(H,28,30,32). The number of rotatable bonds is 5. The number of carbonyl (C=O) groups excluding carboxylic acids is 1. The van der Waals surface area contributed by atoms with Crippen LogP contribution in [0.5, 0.6) is 5.75 Å². The number of anilines is 6. The Bertz CT molecular complexity index is 1360. The van der Waals surface area contributed by atoms with Crippen molar-refractivity contribution >= 4 is 51.1 Å². The fourth-order valence-electron chi connectivity index (χ4n) is 5.65. The number of piperidine rings is 1. The van der Waals surface area contributed by atoms with Gasteiger partial charge in [-0.25, -0.2) is 9.97 Å². The largest absolute Gasteiger partial charge is 0.495 e. The molecule has 39 heavy (non-hydrogen) atoms. The SMILES string of the molecule is COc1cc(Nc2ncc3c(n2)N(C)c2sc(C)nc2C(=O)N3)ccc1N1CCC(N2CCN(C)CC2)CC1. The van der Waals surface area contributed by atoms with Crippen LogP contribution in [-0.2, 0) is 0 Å². The molecule has 0 radical (unpaired) electrons. The van der Waals surface area contributed by atoms with E-state index in [0.29, 0.717) is 29.2 Å². The number of carbonyl (C=O) groups is 1. The molecule has 0 aliphatic carbocycles. The van der Waals surface area contributed by atoms with E-state index in [2.05, 4.69) is 48.4 Å². The van der Waals surface area contributed by atoms with Crippen LogP contribution in [0.2, 0.25) is 0 Å². The van der Waals surface area contributed by atoms with Gasteiger partial charge in [0.15, 0.2) is 11.5 Å². The first-order chi connectivity index (χ1) is 18.9. The van der Waals surface area contributed by atoms with Crippen LogP contribution in [0, 0.1) is 6.92 Å². The van der Waals surface area contributed by atoms with Gasteiger partial charge in [-0.3, -0.25) is 9.69 Å². The average Bonchev–Trinajstić information content (AvgIpc) is 3.32. The number of hydrogen-bond acceptors (Lipinski definition) is 11. The van der Waals surface area contributed by atoms with E-state index in [-0.39, 0.29) is 5.91 Å². The van der Waals surface area contributed by atoms with Gasteiger partial charge in [0.2, 0.25) is 5.95 Å². The van der Waals surface area contributed by atoms with Gasteiger partial charge < -0.3 is 30.1 Å². The molecule has 12 heteroatoms. The van der Waals surface area contributed by atoms with Crippen LogP contribution in [0.4, 0.5) is 33.8 Å². The lowest BCUT2D eigenvalue weighted by atomic mass is 10.0. The predicted molar refractivity (Wildman–Crippen MR) is 155 cm³/mol. The Balaban J connectivity index is 1.16. The number of hydrogen-bond donors (Lipinski definition) is 2. The topological polar surface area (TPSA) is 102 Å². The number of nitrogens with zero attached hydrogens (tertiary/aromatic N) is 7. The summed E-state index contributed by atoms with van der Waals surface area (Å²) < 4.78 is 5.81. The highest BCUT2D eigenvalue weighted by Gasteiger charge is 2.29. The van der Waals surface area contributed by atoms with Crippen LogP contribution >= 0.6 is 11.3 Å². The molecular weight excluding hydrogens is 514 g/mol. The Labute approximate surface area is 232 Å². The third kappa shape index (κ3) is 5.11. The highest BCUT2D eigenvalue weighted by molar-refractivity contribution is 7.16. The second kappa shape index (κ2) is 10.6. The molecule has 2 N–H and O–H groups in total. The first kappa shape index (κ1) is 25.8. The normalized spacial score (nSPS) is 18.8. The van der Waals surface area contributed by atoms with Crippen molar-refractivity contribution in [3.63, 3.8) is 0 Å². The lowest BCUT2D eigenvalue weighted by molar-refractivity contribution is 0.0981. The molecule has 6 rings (SSSR count). The quantitative estimate of drug-likeness (QED) is 0.491. The molecule has 2 saturated heterocycles. The Morgan fingerprint density at radius 2 is 1.85 bits per heavy atom. The van der Waals surface area contributed by atoms with Gasteiger partial charge >= 0.3 is 0 Å². The number of ether oxygens (including phenoxy) is 1. The number of piperazine rings is 1. The summed E-state index contributed by atoms with van der Waals surface area (Å²) in [6.07, 6.45) is 3.96. The smallest absolute Gasteiger partial charge is 0.277 e. The predicted octanol–water partition coefficient (Wildman–Crippen LogP) is 3.54. The van der Waals surface area contributed by atoms with Crippen LogP contribution < -0.4 is 25.2 Å². The number of amides is 1. The van der Waals surface area contributed by atoms with Crippen molar-refractivity contribution in [1.82, 2.24) is 24.8 Å². The number of fused-ring (bicyclic) bond motifs is 2. The summed E-state index contributed by atoms with van der Waals surface area (Å²) >= 11 is 1.46. The molecule has 0 unspecified atom stereocenters. The van der Waals surface area contributed by atoms with Crippen LogP contribution in [0.1, 0.15) is 28.3 Å². The molecule has 5 heterocycles. The van der Waals surface area contributed by atoms with E-state index in [1.165, 1.54) is 37.3 Å². The molecule has 206 valence electrons. The molecule has 2 aromatic heterocycles. The van der Waals surface area contributed by atoms with Gasteiger partial charge in [0.1, 0.15) is 16.4 Å². The summed E-state index contributed by atoms with van der Waals surface area (Å²) in [5.74, 6) is 1.61. The zero-order valence-corrected chi connectivity index (χ0v) is 23.7. The summed E-state index contributed by atoms with van der Waals surface area (Å²) in [6, 6.07) is 6.81. The van der Waals surface area contributed by atoms with Gasteiger partial charge in [-0.05, 0) is 38.9 Å². The highest BCUT2D eigenvalue weighted by Crippen LogP contribution is 2.39. The summed E-state index contributed by atoms with van der Waals surface area (Å²) in [7, 11) is 5.81. The summed E-state index contributed by atoms with van der Waals surface area (Å²) in [4.78, 5) is 35.6. The van der Waals surface area contributed by atoms with Crippen molar-refractivity contribution in [2.75, 3.05) is 80.9 Å². The number of likely N-dealkylation sites (N-methyl/N-ethyl adjacent to an activating group) is 1. The zero-order valence-electron chi connectivity index (χ0n) is 22.9. The summed E-state index contributed by atoms with van der Waals surface area (Å²) in [5.41, 5.74) is 2.89. The maximum Gasteiger partial charge on any atom is 0.277 e. The van der Waals surface area contributed by atoms with E-state index in [0.717, 1.165) is 53.3 Å². The molecule has 3 aliphatic heterocycles. The Hall–Kier alpha value is -3.48. The number of methoxy groups -OCH3 is 1. The maximum atomic E-state index is 12.7. The Morgan fingerprint density at radius 3 is 2.59 bits per heavy atom. The van der Waals surface area contributed by atoms with Gasteiger partial charge in [-0.15, -0.1) is 11.3 Å². The van der Waals surface area contributed by atoms with Crippen molar-refractivity contribution in [3.05, 3.63) is 35.1 Å². The number of aromatic nitrogens is 3. The van der Waals surface area contributed by atoms with Gasteiger partial charge in [0, 0.05) is 64.1 Å². The lowest BCUT2D eigenvalue weighted by Crippen LogP contribution is -2.52. The first-order valence-electron chi connectivity index (χ1n) is 13.4. The van der Waals surface area contributed by atoms with Crippen molar-refractivity contribution in [2.24, 2.45) is 0 Å². The van der Waals surface area contributed by atoms with Crippen molar-refractivity contribution in [3.8, 4) is 5.75 Å². The minimum Gasteiger partial charge on any atom is -0.495 e. The molecule has 3 aromatic rings. The van der Waals surface area contributed by atoms with Gasteiger partial charge in [0.25, 0.3) is 5.91 Å². The molecular formula is C27H35N9O2S. The van der Waals surface area contributed by atoms with Crippen molar-refractivity contribution in [2.45, 2.75) is 25.8 Å². The molecule has 1 amide bonds. The lowest BCUT2D eigenvalue weighted by Gasteiger charge is -2.42. The van der Waals surface area contributed by atoms with Crippen LogP contribution in [0.3, 0.4) is 0 Å². The van der Waals surface area contributed by atoms with Gasteiger partial charge in [-0.1, -0.05) is 0 Å². The molecule has 2 fully saturated rings. The highest BCUT2D eigenvalue weighted by atomic mass is 32.1. The molecule has 0 saturated carbocycles. The van der Waals surface area contributed by atoms with Crippen molar-refractivity contribution < 1.29 is 9.53 Å². The van der Waals surface area contributed by atoms with Crippen LogP contribution in [0.25, 0.3) is 0 Å². The van der Waals surface area contributed by atoms with E-state index >= 15 is 0 Å². The molecule has 0 bridgehead atoms. The van der Waals surface area contributed by atoms with Crippen molar-refractivity contribution in [1.29, 1.82) is 0 Å². The van der Waals surface area contributed by atoms with E-state index in [4.69, 9.17) is 9.72 Å². The second-order valence-corrected chi connectivity index (χ2v) is 11.6. The van der Waals surface area contributed by atoms with Gasteiger partial charge in [0.05, 0.1) is 24.0 Å². The van der Waals surface area contributed by atoms with Crippen LogP contribution in [-0.4, -0.2) is 97.2 Å². The third-order valence-electron chi connectivity index (χ3n) is 7.87. The fourth-order valence-corrected chi connectivity index (χ4v) is 6.53. The Kier molecular flexibility index (Phi) is 7.00. The number of thiazole rings is 1. The van der Waals surface area contributed by atoms with Crippen LogP contribution in [0.15, 0.2) is 24.4 Å². The average molecular weight is 550 g/mol. The van der Waals surface area contributed by atoms with E-state index < -0.39 is 0 Å². The monoisotopic (exact) mass is 549 g/mol.